The first-order chi connectivity index (χ1) is 8.81. The standard InChI is InChI=1S/C12H15N5O/c1-2-3-6-13-12(18)10-4-5-11(14-7-10)17-8-15-16-9-17/h4-5,7-9H,2-3,6H2,1H3,(H,13,18). The smallest absolute Gasteiger partial charge is 0.252 e. The van der Waals surface area contributed by atoms with Crippen molar-refractivity contribution in [3.63, 3.8) is 0 Å². The minimum Gasteiger partial charge on any atom is -0.352 e. The van der Waals surface area contributed by atoms with Crippen molar-refractivity contribution < 1.29 is 4.79 Å². The Kier molecular flexibility index (Phi) is 4.01. The van der Waals surface area contributed by atoms with Gasteiger partial charge in [0.05, 0.1) is 5.56 Å². The van der Waals surface area contributed by atoms with Crippen molar-refractivity contribution in [1.29, 1.82) is 0 Å². The summed E-state index contributed by atoms with van der Waals surface area (Å²) in [4.78, 5) is 15.9. The van der Waals surface area contributed by atoms with Crippen LogP contribution in [0, 0.1) is 0 Å². The van der Waals surface area contributed by atoms with Crippen molar-refractivity contribution in [3.8, 4) is 5.82 Å². The third-order valence-electron chi connectivity index (χ3n) is 2.51. The van der Waals surface area contributed by atoms with Crippen LogP contribution in [0.2, 0.25) is 0 Å². The van der Waals surface area contributed by atoms with E-state index in [0.29, 0.717) is 17.9 Å². The molecule has 2 aromatic rings. The van der Waals surface area contributed by atoms with Crippen LogP contribution in [0.4, 0.5) is 0 Å². The Bertz CT molecular complexity index is 492. The van der Waals surface area contributed by atoms with Gasteiger partial charge in [-0.15, -0.1) is 10.2 Å². The fourth-order valence-corrected chi connectivity index (χ4v) is 1.47. The molecular weight excluding hydrogens is 230 g/mol. The zero-order valence-electron chi connectivity index (χ0n) is 10.2. The molecule has 0 bridgehead atoms. The van der Waals surface area contributed by atoms with E-state index in [1.54, 1.807) is 35.6 Å². The van der Waals surface area contributed by atoms with Gasteiger partial charge in [0.25, 0.3) is 5.91 Å². The van der Waals surface area contributed by atoms with Gasteiger partial charge in [0.1, 0.15) is 18.5 Å². The third-order valence-corrected chi connectivity index (χ3v) is 2.51. The number of nitrogens with zero attached hydrogens (tertiary/aromatic N) is 4. The van der Waals surface area contributed by atoms with E-state index in [4.69, 9.17) is 0 Å². The van der Waals surface area contributed by atoms with Gasteiger partial charge in [0.15, 0.2) is 0 Å². The van der Waals surface area contributed by atoms with E-state index in [0.717, 1.165) is 12.8 Å². The number of rotatable bonds is 5. The van der Waals surface area contributed by atoms with Crippen LogP contribution in [-0.2, 0) is 0 Å². The lowest BCUT2D eigenvalue weighted by atomic mass is 10.2. The second-order valence-corrected chi connectivity index (χ2v) is 3.88. The fraction of sp³-hybridized carbons (Fsp3) is 0.333. The Morgan fingerprint density at radius 1 is 1.33 bits per heavy atom. The van der Waals surface area contributed by atoms with Gasteiger partial charge < -0.3 is 5.32 Å². The van der Waals surface area contributed by atoms with Gasteiger partial charge in [0.2, 0.25) is 0 Å². The maximum Gasteiger partial charge on any atom is 0.252 e. The van der Waals surface area contributed by atoms with Crippen LogP contribution in [-0.4, -0.2) is 32.2 Å². The number of carbonyl (C=O) groups excluding carboxylic acids is 1. The number of carbonyl (C=O) groups is 1. The van der Waals surface area contributed by atoms with Crippen LogP contribution in [0.5, 0.6) is 0 Å². The molecule has 0 fully saturated rings. The van der Waals surface area contributed by atoms with Crippen LogP contribution in [0.3, 0.4) is 0 Å². The molecule has 1 amide bonds. The van der Waals surface area contributed by atoms with Crippen molar-refractivity contribution in [2.75, 3.05) is 6.54 Å². The fourth-order valence-electron chi connectivity index (χ4n) is 1.47. The molecule has 6 nitrogen and oxygen atoms in total. The molecule has 0 spiro atoms. The molecular formula is C12H15N5O. The second kappa shape index (κ2) is 5.90. The van der Waals surface area contributed by atoms with E-state index in [1.807, 2.05) is 0 Å². The van der Waals surface area contributed by atoms with Crippen molar-refractivity contribution in [1.82, 2.24) is 25.1 Å². The van der Waals surface area contributed by atoms with E-state index >= 15 is 0 Å². The monoisotopic (exact) mass is 245 g/mol. The Balaban J connectivity index is 2.01. The zero-order chi connectivity index (χ0) is 12.8. The SMILES string of the molecule is CCCCNC(=O)c1ccc(-n2cnnc2)nc1. The molecule has 0 atom stereocenters. The molecule has 1 N–H and O–H groups in total. The summed E-state index contributed by atoms with van der Waals surface area (Å²) in [5.41, 5.74) is 0.558. The second-order valence-electron chi connectivity index (χ2n) is 3.88. The molecule has 2 heterocycles. The van der Waals surface area contributed by atoms with Crippen LogP contribution in [0.25, 0.3) is 5.82 Å². The normalized spacial score (nSPS) is 10.3. The van der Waals surface area contributed by atoms with Crippen LogP contribution < -0.4 is 5.32 Å². The van der Waals surface area contributed by atoms with Gasteiger partial charge in [-0.2, -0.15) is 0 Å². The molecule has 0 saturated heterocycles. The number of hydrogen-bond acceptors (Lipinski definition) is 4. The Morgan fingerprint density at radius 3 is 2.72 bits per heavy atom. The van der Waals surface area contributed by atoms with Gasteiger partial charge >= 0.3 is 0 Å². The first-order valence-electron chi connectivity index (χ1n) is 5.90. The summed E-state index contributed by atoms with van der Waals surface area (Å²) >= 11 is 0. The molecule has 0 aliphatic rings. The highest BCUT2D eigenvalue weighted by atomic mass is 16.1. The highest BCUT2D eigenvalue weighted by Gasteiger charge is 2.05. The first kappa shape index (κ1) is 12.2. The van der Waals surface area contributed by atoms with Crippen molar-refractivity contribution >= 4 is 5.91 Å². The molecule has 0 aliphatic carbocycles. The molecule has 0 aromatic carbocycles. The molecule has 0 radical (unpaired) electrons. The first-order valence-corrected chi connectivity index (χ1v) is 5.90. The summed E-state index contributed by atoms with van der Waals surface area (Å²) in [5, 5.41) is 10.2. The summed E-state index contributed by atoms with van der Waals surface area (Å²) in [6.07, 6.45) is 6.71. The van der Waals surface area contributed by atoms with E-state index < -0.39 is 0 Å². The highest BCUT2D eigenvalue weighted by Crippen LogP contribution is 2.04. The predicted octanol–water partition coefficient (Wildman–Crippen LogP) is 1.19. The minimum atomic E-state index is -0.0914. The predicted molar refractivity (Wildman–Crippen MR) is 66.4 cm³/mol. The quantitative estimate of drug-likeness (QED) is 0.803. The molecule has 18 heavy (non-hydrogen) atoms. The maximum atomic E-state index is 11.7. The number of pyridine rings is 1. The van der Waals surface area contributed by atoms with Crippen molar-refractivity contribution in [2.45, 2.75) is 19.8 Å². The van der Waals surface area contributed by atoms with Gasteiger partial charge in [-0.05, 0) is 18.6 Å². The summed E-state index contributed by atoms with van der Waals surface area (Å²) in [5.74, 6) is 0.594. The lowest BCUT2D eigenvalue weighted by Crippen LogP contribution is -2.24. The van der Waals surface area contributed by atoms with Crippen LogP contribution >= 0.6 is 0 Å². The Morgan fingerprint density at radius 2 is 2.11 bits per heavy atom. The van der Waals surface area contributed by atoms with Gasteiger partial charge in [0, 0.05) is 12.7 Å². The Hall–Kier alpha value is -2.24. The van der Waals surface area contributed by atoms with Gasteiger partial charge in [-0.25, -0.2) is 4.98 Å². The topological polar surface area (TPSA) is 72.7 Å². The van der Waals surface area contributed by atoms with Gasteiger partial charge in [-0.3, -0.25) is 9.36 Å². The third kappa shape index (κ3) is 2.91. The molecule has 0 saturated carbocycles. The van der Waals surface area contributed by atoms with Gasteiger partial charge in [-0.1, -0.05) is 13.3 Å². The molecule has 2 rings (SSSR count). The molecule has 2 aromatic heterocycles. The van der Waals surface area contributed by atoms with E-state index in [-0.39, 0.29) is 5.91 Å². The molecule has 6 heteroatoms. The maximum absolute atomic E-state index is 11.7. The average molecular weight is 245 g/mol. The van der Waals surface area contributed by atoms with Crippen molar-refractivity contribution in [3.05, 3.63) is 36.5 Å². The van der Waals surface area contributed by atoms with E-state index in [9.17, 15) is 4.79 Å². The summed E-state index contributed by atoms with van der Waals surface area (Å²) in [7, 11) is 0. The molecule has 0 aliphatic heterocycles. The summed E-state index contributed by atoms with van der Waals surface area (Å²) in [6, 6.07) is 3.50. The number of hydrogen-bond donors (Lipinski definition) is 1. The number of unbranched alkanes of at least 4 members (excludes halogenated alkanes) is 1. The minimum absolute atomic E-state index is 0.0914. The lowest BCUT2D eigenvalue weighted by molar-refractivity contribution is 0.0953. The molecule has 0 unspecified atom stereocenters. The Labute approximate surface area is 105 Å². The van der Waals surface area contributed by atoms with E-state index in [2.05, 4.69) is 27.4 Å². The highest BCUT2D eigenvalue weighted by molar-refractivity contribution is 5.93. The number of nitrogens with one attached hydrogen (secondary N) is 1. The zero-order valence-corrected chi connectivity index (χ0v) is 10.2. The van der Waals surface area contributed by atoms with Crippen molar-refractivity contribution in [2.24, 2.45) is 0 Å². The average Bonchev–Trinajstić information content (AvgIpc) is 2.93. The molecule has 94 valence electrons. The number of aromatic nitrogens is 4. The number of amides is 1. The largest absolute Gasteiger partial charge is 0.352 e. The van der Waals surface area contributed by atoms with Crippen LogP contribution in [0.15, 0.2) is 31.0 Å². The summed E-state index contributed by atoms with van der Waals surface area (Å²) in [6.45, 7) is 2.78. The lowest BCUT2D eigenvalue weighted by Gasteiger charge is -2.05. The summed E-state index contributed by atoms with van der Waals surface area (Å²) < 4.78 is 1.68. The van der Waals surface area contributed by atoms with E-state index in [1.165, 1.54) is 0 Å². The van der Waals surface area contributed by atoms with Crippen LogP contribution in [0.1, 0.15) is 30.1 Å².